The Hall–Kier alpha value is -0.170. The Balaban J connectivity index is 0. The molecule has 0 aliphatic carbocycles. The SMILES string of the molecule is N.NO[SH](=O)=O. The van der Waals surface area contributed by atoms with E-state index in [0.717, 1.165) is 0 Å². The van der Waals surface area contributed by atoms with Gasteiger partial charge in [-0.05, 0) is 0 Å². The first-order valence-corrected chi connectivity index (χ1v) is 1.88. The van der Waals surface area contributed by atoms with Gasteiger partial charge in [0.1, 0.15) is 0 Å². The van der Waals surface area contributed by atoms with Crippen molar-refractivity contribution in [3.8, 4) is 0 Å². The lowest BCUT2D eigenvalue weighted by atomic mass is 13.6. The van der Waals surface area contributed by atoms with Crippen molar-refractivity contribution in [2.24, 2.45) is 5.90 Å². The summed E-state index contributed by atoms with van der Waals surface area (Å²) in [6.07, 6.45) is 0. The smallest absolute Gasteiger partial charge is 0.272 e. The van der Waals surface area contributed by atoms with E-state index in [4.69, 9.17) is 8.42 Å². The number of thiol groups is 1. The highest BCUT2D eigenvalue weighted by Crippen LogP contribution is 1.45. The molecule has 0 fully saturated rings. The molecule has 0 aromatic carbocycles. The lowest BCUT2D eigenvalue weighted by molar-refractivity contribution is 0.350. The quantitative estimate of drug-likeness (QED) is 0.286. The van der Waals surface area contributed by atoms with Crippen molar-refractivity contribution in [2.75, 3.05) is 0 Å². The highest BCUT2D eigenvalue weighted by molar-refractivity contribution is 7.67. The summed E-state index contributed by atoms with van der Waals surface area (Å²) >= 11 is 0. The lowest BCUT2D eigenvalue weighted by Gasteiger charge is -1.66. The Morgan fingerprint density at radius 3 is 1.67 bits per heavy atom. The first kappa shape index (κ1) is 9.27. The van der Waals surface area contributed by atoms with Crippen LogP contribution < -0.4 is 12.0 Å². The van der Waals surface area contributed by atoms with Crippen molar-refractivity contribution in [2.45, 2.75) is 0 Å². The zero-order valence-corrected chi connectivity index (χ0v) is 3.85. The van der Waals surface area contributed by atoms with Crippen LogP contribution in [0.4, 0.5) is 0 Å². The maximum Gasteiger partial charge on any atom is 0.272 e. The Morgan fingerprint density at radius 1 is 1.50 bits per heavy atom. The molecular formula is H6N2O3S. The predicted octanol–water partition coefficient (Wildman–Crippen LogP) is -1.43. The van der Waals surface area contributed by atoms with Crippen molar-refractivity contribution in [1.29, 1.82) is 0 Å². The summed E-state index contributed by atoms with van der Waals surface area (Å²) < 4.78 is 21.3. The minimum Gasteiger partial charge on any atom is -0.344 e. The topological polar surface area (TPSA) is 104 Å². The van der Waals surface area contributed by atoms with E-state index < -0.39 is 11.0 Å². The van der Waals surface area contributed by atoms with Crippen LogP contribution in [-0.2, 0) is 15.3 Å². The fraction of sp³-hybridized carbons (Fsp3) is 0. The van der Waals surface area contributed by atoms with E-state index in [2.05, 4.69) is 10.2 Å². The fourth-order valence-corrected chi connectivity index (χ4v) is 0. The molecule has 6 heteroatoms. The van der Waals surface area contributed by atoms with Crippen LogP contribution in [0.15, 0.2) is 0 Å². The molecule has 0 aliphatic rings. The standard InChI is InChI=1S/H3NO3S.H3N/c1-4-5(2)3;/h5H,1H2;1H3. The van der Waals surface area contributed by atoms with Crippen LogP contribution in [0.3, 0.4) is 0 Å². The normalized spacial score (nSPS) is 7.67. The van der Waals surface area contributed by atoms with E-state index in [-0.39, 0.29) is 6.15 Å². The first-order valence-electron chi connectivity index (χ1n) is 0.783. The third-order valence-electron chi connectivity index (χ3n) is 0.0861. The summed E-state index contributed by atoms with van der Waals surface area (Å²) in [7, 11) is -2.82. The highest BCUT2D eigenvalue weighted by Gasteiger charge is 1.62. The molecular weight excluding hydrogens is 108 g/mol. The van der Waals surface area contributed by atoms with Gasteiger partial charge in [-0.15, -0.1) is 0 Å². The van der Waals surface area contributed by atoms with Crippen LogP contribution in [0.1, 0.15) is 0 Å². The molecule has 5 N–H and O–H groups in total. The fourth-order valence-electron chi connectivity index (χ4n) is 0. The molecule has 0 saturated carbocycles. The molecule has 5 nitrogen and oxygen atoms in total. The average molecular weight is 114 g/mol. The van der Waals surface area contributed by atoms with Crippen LogP contribution in [0.5, 0.6) is 0 Å². The second-order valence-electron chi connectivity index (χ2n) is 0.329. The highest BCUT2D eigenvalue weighted by atomic mass is 32.2. The van der Waals surface area contributed by atoms with Gasteiger partial charge >= 0.3 is 0 Å². The van der Waals surface area contributed by atoms with Gasteiger partial charge in [0, 0.05) is 0 Å². The van der Waals surface area contributed by atoms with E-state index in [1.54, 1.807) is 0 Å². The average Bonchev–Trinajstić information content (AvgIpc) is 1.38. The summed E-state index contributed by atoms with van der Waals surface area (Å²) in [6, 6.07) is 0. The van der Waals surface area contributed by atoms with E-state index >= 15 is 0 Å². The molecule has 0 heterocycles. The first-order chi connectivity index (χ1) is 2.27. The second kappa shape index (κ2) is 4.83. The molecule has 0 saturated heterocycles. The van der Waals surface area contributed by atoms with E-state index in [1.165, 1.54) is 0 Å². The van der Waals surface area contributed by atoms with Gasteiger partial charge < -0.3 is 6.15 Å². The summed E-state index contributed by atoms with van der Waals surface area (Å²) in [5.41, 5.74) is 0. The molecule has 0 aliphatic heterocycles. The zero-order chi connectivity index (χ0) is 4.28. The van der Waals surface area contributed by atoms with Gasteiger partial charge in [0.05, 0.1) is 0 Å². The molecule has 0 bridgehead atoms. The van der Waals surface area contributed by atoms with Gasteiger partial charge in [-0.3, -0.25) is 0 Å². The maximum atomic E-state index is 9.06. The Kier molecular flexibility index (Phi) is 7.46. The maximum absolute atomic E-state index is 9.06. The zero-order valence-electron chi connectivity index (χ0n) is 2.96. The molecule has 0 spiro atoms. The number of hydrogen-bond donors (Lipinski definition) is 3. The Morgan fingerprint density at radius 2 is 1.67 bits per heavy atom. The molecule has 0 rings (SSSR count). The molecule has 6 heavy (non-hydrogen) atoms. The minimum atomic E-state index is -2.82. The van der Waals surface area contributed by atoms with Crippen LogP contribution in [0, 0.1) is 0 Å². The number of nitrogens with two attached hydrogens (primary N) is 1. The van der Waals surface area contributed by atoms with Crippen molar-refractivity contribution >= 4 is 11.0 Å². The van der Waals surface area contributed by atoms with Crippen molar-refractivity contribution < 1.29 is 12.7 Å². The minimum absolute atomic E-state index is 0. The molecule has 0 aromatic heterocycles. The van der Waals surface area contributed by atoms with Crippen LogP contribution >= 0.6 is 0 Å². The predicted molar refractivity (Wildman–Crippen MR) is 20.6 cm³/mol. The van der Waals surface area contributed by atoms with Crippen LogP contribution in [0.2, 0.25) is 0 Å². The van der Waals surface area contributed by atoms with Gasteiger partial charge in [-0.2, -0.15) is 10.2 Å². The summed E-state index contributed by atoms with van der Waals surface area (Å²) in [6.45, 7) is 0. The van der Waals surface area contributed by atoms with Crippen LogP contribution in [0.25, 0.3) is 0 Å². The second-order valence-corrected chi connectivity index (χ2v) is 0.987. The van der Waals surface area contributed by atoms with Crippen molar-refractivity contribution in [1.82, 2.24) is 6.15 Å². The van der Waals surface area contributed by atoms with Gasteiger partial charge in [-0.1, -0.05) is 0 Å². The molecule has 40 valence electrons. The van der Waals surface area contributed by atoms with E-state index in [0.29, 0.717) is 0 Å². The van der Waals surface area contributed by atoms with E-state index in [1.807, 2.05) is 0 Å². The molecule has 0 atom stereocenters. The van der Waals surface area contributed by atoms with Gasteiger partial charge in [-0.25, -0.2) is 8.42 Å². The van der Waals surface area contributed by atoms with Crippen molar-refractivity contribution in [3.63, 3.8) is 0 Å². The van der Waals surface area contributed by atoms with Gasteiger partial charge in [0.2, 0.25) is 0 Å². The third kappa shape index (κ3) is 9.16. The van der Waals surface area contributed by atoms with E-state index in [9.17, 15) is 0 Å². The molecule has 0 amide bonds. The summed E-state index contributed by atoms with van der Waals surface area (Å²) in [5, 5.41) is 0. The Labute approximate surface area is 36.8 Å². The van der Waals surface area contributed by atoms with Crippen molar-refractivity contribution in [3.05, 3.63) is 0 Å². The third-order valence-corrected chi connectivity index (χ3v) is 0.258. The molecule has 0 aromatic rings. The molecule has 0 unspecified atom stereocenters. The number of hydrogen-bond acceptors (Lipinski definition) is 5. The largest absolute Gasteiger partial charge is 0.344 e. The summed E-state index contributed by atoms with van der Waals surface area (Å²) in [5.74, 6) is 4.08. The lowest BCUT2D eigenvalue weighted by Crippen LogP contribution is -1.93. The monoisotopic (exact) mass is 114 g/mol. The molecule has 0 radical (unpaired) electrons. The Bertz CT molecular complexity index is 66.9. The van der Waals surface area contributed by atoms with Crippen LogP contribution in [-0.4, -0.2) is 8.42 Å². The van der Waals surface area contributed by atoms with Gasteiger partial charge in [0.15, 0.2) is 0 Å². The van der Waals surface area contributed by atoms with Gasteiger partial charge in [0.25, 0.3) is 11.0 Å². The number of rotatable bonds is 1. The summed E-state index contributed by atoms with van der Waals surface area (Å²) in [4.78, 5) is 0.